The third kappa shape index (κ3) is 3.01. The maximum Gasteiger partial charge on any atom is 0.248 e. The van der Waals surface area contributed by atoms with Gasteiger partial charge in [0.25, 0.3) is 0 Å². The number of ether oxygens (including phenoxy) is 1. The summed E-state index contributed by atoms with van der Waals surface area (Å²) in [5, 5.41) is 3.47. The van der Waals surface area contributed by atoms with Crippen LogP contribution in [0.3, 0.4) is 0 Å². The summed E-state index contributed by atoms with van der Waals surface area (Å²) in [6.45, 7) is 3.87. The van der Waals surface area contributed by atoms with Gasteiger partial charge in [0.15, 0.2) is 0 Å². The molecular formula is C14H20N2O2. The molecule has 0 spiro atoms. The molecule has 4 heteroatoms. The van der Waals surface area contributed by atoms with Crippen molar-refractivity contribution in [2.24, 2.45) is 5.73 Å². The fraction of sp³-hybridized carbons (Fsp3) is 0.500. The molecule has 0 unspecified atom stereocenters. The second-order valence-electron chi connectivity index (χ2n) is 4.71. The Bertz CT molecular complexity index is 432. The zero-order valence-corrected chi connectivity index (χ0v) is 10.7. The van der Waals surface area contributed by atoms with E-state index in [9.17, 15) is 4.79 Å². The van der Waals surface area contributed by atoms with Gasteiger partial charge in [0.05, 0.1) is 0 Å². The van der Waals surface area contributed by atoms with E-state index in [-0.39, 0.29) is 5.91 Å². The molecule has 0 bridgehead atoms. The predicted octanol–water partition coefficient (Wildman–Crippen LogP) is 1.48. The van der Waals surface area contributed by atoms with E-state index < -0.39 is 0 Å². The van der Waals surface area contributed by atoms with Crippen LogP contribution >= 0.6 is 0 Å². The molecule has 2 rings (SSSR count). The maximum absolute atomic E-state index is 11.1. The first kappa shape index (κ1) is 12.9. The Kier molecular flexibility index (Phi) is 4.20. The van der Waals surface area contributed by atoms with Crippen molar-refractivity contribution in [2.45, 2.75) is 32.2 Å². The number of primary amides is 1. The Hall–Kier alpha value is -1.55. The maximum atomic E-state index is 11.1. The zero-order valence-electron chi connectivity index (χ0n) is 10.7. The minimum atomic E-state index is -0.390. The number of amides is 1. The van der Waals surface area contributed by atoms with Crippen molar-refractivity contribution in [3.63, 3.8) is 0 Å². The molecule has 1 heterocycles. The average molecular weight is 248 g/mol. The second kappa shape index (κ2) is 5.87. The van der Waals surface area contributed by atoms with E-state index in [0.717, 1.165) is 24.3 Å². The molecule has 18 heavy (non-hydrogen) atoms. The molecule has 1 aliphatic rings. The Morgan fingerprint density at radius 3 is 3.11 bits per heavy atom. The minimum absolute atomic E-state index is 0.326. The second-order valence-corrected chi connectivity index (χ2v) is 4.71. The molecule has 4 nitrogen and oxygen atoms in total. The summed E-state index contributed by atoms with van der Waals surface area (Å²) in [4.78, 5) is 11.1. The molecule has 1 atom stereocenters. The highest BCUT2D eigenvalue weighted by molar-refractivity contribution is 5.93. The summed E-state index contributed by atoms with van der Waals surface area (Å²) in [5.74, 6) is 0.479. The molecule has 1 aromatic carbocycles. The highest BCUT2D eigenvalue weighted by atomic mass is 16.5. The van der Waals surface area contributed by atoms with E-state index in [1.165, 1.54) is 12.8 Å². The van der Waals surface area contributed by atoms with Gasteiger partial charge in [0.1, 0.15) is 12.4 Å². The van der Waals surface area contributed by atoms with Crippen molar-refractivity contribution < 1.29 is 9.53 Å². The van der Waals surface area contributed by atoms with Crippen LogP contribution in [0.2, 0.25) is 0 Å². The fourth-order valence-electron chi connectivity index (χ4n) is 2.16. The summed E-state index contributed by atoms with van der Waals surface area (Å²) < 4.78 is 5.69. The summed E-state index contributed by atoms with van der Waals surface area (Å²) in [6, 6.07) is 5.71. The lowest BCUT2D eigenvalue weighted by Gasteiger charge is -2.26. The third-order valence-corrected chi connectivity index (χ3v) is 3.21. The molecule has 0 radical (unpaired) electrons. The lowest BCUT2D eigenvalue weighted by molar-refractivity contribution is 0.1000. The number of nitrogens with two attached hydrogens (primary N) is 1. The largest absolute Gasteiger partial charge is 0.492 e. The standard InChI is InChI=1S/C14H20N2O2/c1-2-3-6-16-12-8-11-7-10(14(15)17)4-5-13(11)18-9-12/h4-5,7,12,16H,2-3,6,8-9H2,1H3,(H2,15,17)/t12-/m0/s1. The van der Waals surface area contributed by atoms with Gasteiger partial charge in [-0.1, -0.05) is 13.3 Å². The lowest BCUT2D eigenvalue weighted by atomic mass is 10.00. The molecule has 0 aromatic heterocycles. The smallest absolute Gasteiger partial charge is 0.248 e. The van der Waals surface area contributed by atoms with Crippen LogP contribution in [0.5, 0.6) is 5.75 Å². The summed E-state index contributed by atoms with van der Waals surface area (Å²) in [6.07, 6.45) is 3.24. The normalized spacial score (nSPS) is 17.9. The van der Waals surface area contributed by atoms with Gasteiger partial charge in [0, 0.05) is 11.6 Å². The van der Waals surface area contributed by atoms with E-state index in [4.69, 9.17) is 10.5 Å². The quantitative estimate of drug-likeness (QED) is 0.776. The molecule has 1 aliphatic heterocycles. The van der Waals surface area contributed by atoms with Crippen molar-refractivity contribution in [3.05, 3.63) is 29.3 Å². The predicted molar refractivity (Wildman–Crippen MR) is 70.9 cm³/mol. The van der Waals surface area contributed by atoms with Crippen molar-refractivity contribution in [1.82, 2.24) is 5.32 Å². The van der Waals surface area contributed by atoms with Crippen LogP contribution in [0.25, 0.3) is 0 Å². The van der Waals surface area contributed by atoms with Crippen LogP contribution < -0.4 is 15.8 Å². The van der Waals surface area contributed by atoms with E-state index in [1.807, 2.05) is 12.1 Å². The lowest BCUT2D eigenvalue weighted by Crippen LogP contribution is -2.39. The van der Waals surface area contributed by atoms with Crippen LogP contribution in [0.4, 0.5) is 0 Å². The van der Waals surface area contributed by atoms with Gasteiger partial charge < -0.3 is 15.8 Å². The number of fused-ring (bicyclic) bond motifs is 1. The number of carbonyl (C=O) groups excluding carboxylic acids is 1. The number of benzene rings is 1. The summed E-state index contributed by atoms with van der Waals surface area (Å²) >= 11 is 0. The van der Waals surface area contributed by atoms with E-state index in [2.05, 4.69) is 12.2 Å². The first-order chi connectivity index (χ1) is 8.70. The van der Waals surface area contributed by atoms with Gasteiger partial charge in [-0.05, 0) is 43.1 Å². The van der Waals surface area contributed by atoms with Gasteiger partial charge in [-0.15, -0.1) is 0 Å². The molecule has 98 valence electrons. The van der Waals surface area contributed by atoms with Crippen LogP contribution in [0.1, 0.15) is 35.7 Å². The Morgan fingerprint density at radius 1 is 1.56 bits per heavy atom. The molecule has 0 saturated heterocycles. The molecule has 0 saturated carbocycles. The van der Waals surface area contributed by atoms with E-state index >= 15 is 0 Å². The van der Waals surface area contributed by atoms with Gasteiger partial charge in [0.2, 0.25) is 5.91 Å². The fourth-order valence-corrected chi connectivity index (χ4v) is 2.16. The Balaban J connectivity index is 2.02. The Labute approximate surface area is 108 Å². The first-order valence-electron chi connectivity index (χ1n) is 6.49. The van der Waals surface area contributed by atoms with Gasteiger partial charge in [-0.2, -0.15) is 0 Å². The van der Waals surface area contributed by atoms with Crippen molar-refractivity contribution in [2.75, 3.05) is 13.2 Å². The Morgan fingerprint density at radius 2 is 2.39 bits per heavy atom. The van der Waals surface area contributed by atoms with E-state index in [0.29, 0.717) is 18.2 Å². The monoisotopic (exact) mass is 248 g/mol. The van der Waals surface area contributed by atoms with Gasteiger partial charge in [-0.3, -0.25) is 4.79 Å². The highest BCUT2D eigenvalue weighted by Gasteiger charge is 2.20. The van der Waals surface area contributed by atoms with Crippen molar-refractivity contribution >= 4 is 5.91 Å². The SMILES string of the molecule is CCCCN[C@@H]1COc2ccc(C(N)=O)cc2C1. The number of rotatable bonds is 5. The van der Waals surface area contributed by atoms with Crippen molar-refractivity contribution in [3.8, 4) is 5.75 Å². The van der Waals surface area contributed by atoms with Crippen LogP contribution in [-0.4, -0.2) is 25.1 Å². The molecule has 0 aliphatic carbocycles. The van der Waals surface area contributed by atoms with Gasteiger partial charge >= 0.3 is 0 Å². The zero-order chi connectivity index (χ0) is 13.0. The first-order valence-corrected chi connectivity index (χ1v) is 6.49. The van der Waals surface area contributed by atoms with Crippen LogP contribution in [0.15, 0.2) is 18.2 Å². The third-order valence-electron chi connectivity index (χ3n) is 3.21. The number of hydrogen-bond acceptors (Lipinski definition) is 3. The molecule has 1 amide bonds. The van der Waals surface area contributed by atoms with Crippen LogP contribution in [-0.2, 0) is 6.42 Å². The van der Waals surface area contributed by atoms with Crippen LogP contribution in [0, 0.1) is 0 Å². The highest BCUT2D eigenvalue weighted by Crippen LogP contribution is 2.25. The molecule has 3 N–H and O–H groups in total. The van der Waals surface area contributed by atoms with E-state index in [1.54, 1.807) is 6.07 Å². The number of nitrogens with one attached hydrogen (secondary N) is 1. The van der Waals surface area contributed by atoms with Gasteiger partial charge in [-0.25, -0.2) is 0 Å². The molecule has 1 aromatic rings. The summed E-state index contributed by atoms with van der Waals surface area (Å²) in [5.41, 5.74) is 6.89. The average Bonchev–Trinajstić information content (AvgIpc) is 2.38. The number of unbranched alkanes of at least 4 members (excludes halogenated alkanes) is 1. The number of hydrogen-bond donors (Lipinski definition) is 2. The summed E-state index contributed by atoms with van der Waals surface area (Å²) in [7, 11) is 0. The van der Waals surface area contributed by atoms with Crippen molar-refractivity contribution in [1.29, 1.82) is 0 Å². The molecular weight excluding hydrogens is 228 g/mol. The minimum Gasteiger partial charge on any atom is -0.492 e. The number of carbonyl (C=O) groups is 1. The topological polar surface area (TPSA) is 64.3 Å². The molecule has 0 fully saturated rings.